The number of ether oxygens (including phenoxy) is 1. The highest BCUT2D eigenvalue weighted by Crippen LogP contribution is 2.26. The van der Waals surface area contributed by atoms with Gasteiger partial charge >= 0.3 is 0 Å². The van der Waals surface area contributed by atoms with Gasteiger partial charge in [-0.05, 0) is 30.5 Å². The molecular formula is C14H17ClN2O2. The molecule has 1 aromatic rings. The van der Waals surface area contributed by atoms with Gasteiger partial charge in [0.05, 0.1) is 12.6 Å². The van der Waals surface area contributed by atoms with Crippen LogP contribution >= 0.6 is 11.6 Å². The predicted octanol–water partition coefficient (Wildman–Crippen LogP) is 1.95. The zero-order valence-electron chi connectivity index (χ0n) is 10.6. The molecule has 0 aliphatic carbocycles. The molecule has 1 aromatic carbocycles. The Morgan fingerprint density at radius 2 is 2.37 bits per heavy atom. The van der Waals surface area contributed by atoms with Gasteiger partial charge in [0, 0.05) is 18.2 Å². The molecule has 2 fully saturated rings. The summed E-state index contributed by atoms with van der Waals surface area (Å²) in [4.78, 5) is 13.9. The molecule has 0 spiro atoms. The number of carbonyl (C=O) groups excluding carboxylic acids is 1. The summed E-state index contributed by atoms with van der Waals surface area (Å²) in [6.45, 7) is 1.84. The van der Waals surface area contributed by atoms with Crippen molar-refractivity contribution in [3.8, 4) is 0 Å². The average molecular weight is 281 g/mol. The van der Waals surface area contributed by atoms with Crippen LogP contribution in [0.15, 0.2) is 24.3 Å². The third-order valence-corrected chi connectivity index (χ3v) is 3.90. The van der Waals surface area contributed by atoms with Crippen molar-refractivity contribution in [3.05, 3.63) is 34.9 Å². The summed E-state index contributed by atoms with van der Waals surface area (Å²) in [5, 5.41) is 3.93. The molecular weight excluding hydrogens is 264 g/mol. The minimum absolute atomic E-state index is 0.0876. The number of nitrogens with zero attached hydrogens (tertiary/aromatic N) is 1. The van der Waals surface area contributed by atoms with Crippen molar-refractivity contribution in [1.82, 2.24) is 10.2 Å². The first-order chi connectivity index (χ1) is 9.24. The monoisotopic (exact) mass is 280 g/mol. The van der Waals surface area contributed by atoms with Gasteiger partial charge in [0.2, 0.25) is 5.91 Å². The first kappa shape index (κ1) is 12.9. The first-order valence-corrected chi connectivity index (χ1v) is 7.02. The van der Waals surface area contributed by atoms with E-state index in [1.165, 1.54) is 0 Å². The molecule has 0 radical (unpaired) electrons. The molecule has 0 aromatic heterocycles. The molecule has 0 bridgehead atoms. The standard InChI is InChI=1S/C14H17ClN2O2/c15-11-4-1-3-10(7-11)14-16-8-13(18)17(14)9-12-5-2-6-19-12/h1,3-4,7,12,14,16H,2,5-6,8-9H2. The minimum atomic E-state index is -0.0876. The Hall–Kier alpha value is -1.10. The van der Waals surface area contributed by atoms with Crippen LogP contribution in [-0.2, 0) is 9.53 Å². The number of rotatable bonds is 3. The lowest BCUT2D eigenvalue weighted by molar-refractivity contribution is -0.129. The normalized spacial score (nSPS) is 27.2. The highest BCUT2D eigenvalue weighted by molar-refractivity contribution is 6.30. The molecule has 1 amide bonds. The summed E-state index contributed by atoms with van der Waals surface area (Å²) in [7, 11) is 0. The van der Waals surface area contributed by atoms with Crippen LogP contribution < -0.4 is 5.32 Å². The van der Waals surface area contributed by atoms with Gasteiger partial charge in [-0.25, -0.2) is 0 Å². The Bertz CT molecular complexity index is 474. The number of halogens is 1. The fraction of sp³-hybridized carbons (Fsp3) is 0.500. The van der Waals surface area contributed by atoms with Gasteiger partial charge < -0.3 is 9.64 Å². The van der Waals surface area contributed by atoms with Crippen molar-refractivity contribution in [2.75, 3.05) is 19.7 Å². The molecule has 2 aliphatic heterocycles. The Kier molecular flexibility index (Phi) is 3.73. The van der Waals surface area contributed by atoms with Crippen molar-refractivity contribution in [1.29, 1.82) is 0 Å². The zero-order chi connectivity index (χ0) is 13.2. The smallest absolute Gasteiger partial charge is 0.238 e. The summed E-state index contributed by atoms with van der Waals surface area (Å²) in [5.41, 5.74) is 1.02. The van der Waals surface area contributed by atoms with Gasteiger partial charge in [-0.15, -0.1) is 0 Å². The maximum Gasteiger partial charge on any atom is 0.238 e. The molecule has 2 saturated heterocycles. The Labute approximate surface area is 117 Å². The van der Waals surface area contributed by atoms with Crippen LogP contribution in [-0.4, -0.2) is 36.6 Å². The molecule has 2 atom stereocenters. The molecule has 2 unspecified atom stereocenters. The second-order valence-corrected chi connectivity index (χ2v) is 5.46. The molecule has 0 saturated carbocycles. The summed E-state index contributed by atoms with van der Waals surface area (Å²) in [6, 6.07) is 7.64. The van der Waals surface area contributed by atoms with Crippen molar-refractivity contribution in [2.24, 2.45) is 0 Å². The number of carbonyl (C=O) groups is 1. The van der Waals surface area contributed by atoms with E-state index in [-0.39, 0.29) is 18.2 Å². The van der Waals surface area contributed by atoms with Crippen molar-refractivity contribution in [3.63, 3.8) is 0 Å². The minimum Gasteiger partial charge on any atom is -0.376 e. The molecule has 4 nitrogen and oxygen atoms in total. The van der Waals surface area contributed by atoms with E-state index < -0.39 is 0 Å². The fourth-order valence-corrected chi connectivity index (χ4v) is 2.93. The van der Waals surface area contributed by atoms with Gasteiger partial charge in [0.1, 0.15) is 6.17 Å². The van der Waals surface area contributed by atoms with Crippen molar-refractivity contribution < 1.29 is 9.53 Å². The largest absolute Gasteiger partial charge is 0.376 e. The van der Waals surface area contributed by atoms with E-state index in [4.69, 9.17) is 16.3 Å². The van der Waals surface area contributed by atoms with Crippen LogP contribution in [0.4, 0.5) is 0 Å². The summed E-state index contributed by atoms with van der Waals surface area (Å²) >= 11 is 6.02. The number of benzene rings is 1. The SMILES string of the molecule is O=C1CNC(c2cccc(Cl)c2)N1CC1CCCO1. The quantitative estimate of drug-likeness (QED) is 0.920. The second kappa shape index (κ2) is 5.49. The third-order valence-electron chi connectivity index (χ3n) is 3.67. The fourth-order valence-electron chi connectivity index (χ4n) is 2.73. The lowest BCUT2D eigenvalue weighted by atomic mass is 10.1. The third kappa shape index (κ3) is 2.76. The van der Waals surface area contributed by atoms with Crippen molar-refractivity contribution >= 4 is 17.5 Å². The molecule has 19 heavy (non-hydrogen) atoms. The number of amides is 1. The lowest BCUT2D eigenvalue weighted by Crippen LogP contribution is -2.36. The van der Waals surface area contributed by atoms with E-state index in [9.17, 15) is 4.79 Å². The number of hydrogen-bond acceptors (Lipinski definition) is 3. The average Bonchev–Trinajstić information content (AvgIpc) is 3.01. The molecule has 3 rings (SSSR count). The van der Waals surface area contributed by atoms with Crippen LogP contribution in [0.5, 0.6) is 0 Å². The van der Waals surface area contributed by atoms with Crippen LogP contribution in [0.25, 0.3) is 0 Å². The van der Waals surface area contributed by atoms with Gasteiger partial charge in [0.25, 0.3) is 0 Å². The van der Waals surface area contributed by atoms with Crippen LogP contribution in [0.2, 0.25) is 5.02 Å². The molecule has 2 heterocycles. The Morgan fingerprint density at radius 3 is 3.11 bits per heavy atom. The van der Waals surface area contributed by atoms with E-state index in [2.05, 4.69) is 5.32 Å². The second-order valence-electron chi connectivity index (χ2n) is 5.02. The van der Waals surface area contributed by atoms with Gasteiger partial charge in [-0.2, -0.15) is 0 Å². The summed E-state index contributed by atoms with van der Waals surface area (Å²) in [5.74, 6) is 0.125. The summed E-state index contributed by atoms with van der Waals surface area (Å²) in [6.07, 6.45) is 2.20. The van der Waals surface area contributed by atoms with Gasteiger partial charge in [0.15, 0.2) is 0 Å². The molecule has 2 aliphatic rings. The predicted molar refractivity (Wildman–Crippen MR) is 72.9 cm³/mol. The van der Waals surface area contributed by atoms with Gasteiger partial charge in [-0.1, -0.05) is 23.7 Å². The number of hydrogen-bond donors (Lipinski definition) is 1. The van der Waals surface area contributed by atoms with E-state index >= 15 is 0 Å². The van der Waals surface area contributed by atoms with Crippen LogP contribution in [0.1, 0.15) is 24.6 Å². The number of nitrogens with one attached hydrogen (secondary N) is 1. The van der Waals surface area contributed by atoms with Crippen molar-refractivity contribution in [2.45, 2.75) is 25.1 Å². The topological polar surface area (TPSA) is 41.6 Å². The summed E-state index contributed by atoms with van der Waals surface area (Å²) < 4.78 is 5.62. The Balaban J connectivity index is 1.77. The lowest BCUT2D eigenvalue weighted by Gasteiger charge is -2.27. The van der Waals surface area contributed by atoms with Crippen LogP contribution in [0.3, 0.4) is 0 Å². The van der Waals surface area contributed by atoms with E-state index in [0.29, 0.717) is 18.1 Å². The van der Waals surface area contributed by atoms with Gasteiger partial charge in [-0.3, -0.25) is 10.1 Å². The Morgan fingerprint density at radius 1 is 1.47 bits per heavy atom. The molecule has 5 heteroatoms. The van der Waals surface area contributed by atoms with Crippen LogP contribution in [0, 0.1) is 0 Å². The maximum absolute atomic E-state index is 12.0. The maximum atomic E-state index is 12.0. The highest BCUT2D eigenvalue weighted by atomic mass is 35.5. The van der Waals surface area contributed by atoms with E-state index in [0.717, 1.165) is 25.0 Å². The van der Waals surface area contributed by atoms with E-state index in [1.807, 2.05) is 29.2 Å². The first-order valence-electron chi connectivity index (χ1n) is 6.64. The zero-order valence-corrected chi connectivity index (χ0v) is 11.4. The highest BCUT2D eigenvalue weighted by Gasteiger charge is 2.34. The van der Waals surface area contributed by atoms with E-state index in [1.54, 1.807) is 0 Å². The molecule has 102 valence electrons. The molecule has 1 N–H and O–H groups in total.